The molecule has 12 rings (SSSR count). The van der Waals surface area contributed by atoms with Gasteiger partial charge in [0.05, 0.1) is 5.69 Å². The van der Waals surface area contributed by atoms with Crippen molar-refractivity contribution in [1.82, 2.24) is 0 Å². The Labute approximate surface area is 460 Å². The van der Waals surface area contributed by atoms with Crippen molar-refractivity contribution >= 4 is 74.3 Å². The monoisotopic (exact) mass is 1000 g/mol. The zero-order valence-electron chi connectivity index (χ0n) is 47.9. The van der Waals surface area contributed by atoms with Crippen molar-refractivity contribution in [2.24, 2.45) is 0 Å². The molecule has 0 amide bonds. The number of para-hydroxylation sites is 1. The smallest absolute Gasteiger partial charge is 0.252 e. The van der Waals surface area contributed by atoms with Crippen LogP contribution in [0.15, 0.2) is 194 Å². The predicted molar refractivity (Wildman–Crippen MR) is 332 cm³/mol. The molecule has 0 radical (unpaired) electrons. The molecule has 384 valence electrons. The fourth-order valence-corrected chi connectivity index (χ4v) is 13.0. The van der Waals surface area contributed by atoms with Gasteiger partial charge in [0.1, 0.15) is 0 Å². The summed E-state index contributed by atoms with van der Waals surface area (Å²) in [7, 11) is 0. The summed E-state index contributed by atoms with van der Waals surface area (Å²) in [5.74, 6) is 0. The van der Waals surface area contributed by atoms with Crippen LogP contribution in [0.2, 0.25) is 0 Å². The Balaban J connectivity index is 1.19. The normalized spacial score (nSPS) is 15.0. The topological polar surface area (TPSA) is 9.72 Å². The first-order valence-electron chi connectivity index (χ1n) is 28.0. The zero-order chi connectivity index (χ0) is 54.1. The molecule has 3 nitrogen and oxygen atoms in total. The number of hydrogen-bond donors (Lipinski definition) is 0. The van der Waals surface area contributed by atoms with Crippen molar-refractivity contribution in [1.29, 1.82) is 0 Å². The maximum absolute atomic E-state index is 2.66. The minimum Gasteiger partial charge on any atom is -0.311 e. The van der Waals surface area contributed by atoms with Gasteiger partial charge in [0, 0.05) is 61.9 Å². The van der Waals surface area contributed by atoms with Crippen LogP contribution >= 0.6 is 0 Å². The van der Waals surface area contributed by atoms with Crippen molar-refractivity contribution in [2.75, 3.05) is 14.7 Å². The van der Waals surface area contributed by atoms with Crippen molar-refractivity contribution in [3.8, 4) is 11.1 Å². The summed E-state index contributed by atoms with van der Waals surface area (Å²) < 4.78 is 0. The first kappa shape index (κ1) is 50.3. The highest BCUT2D eigenvalue weighted by Crippen LogP contribution is 2.54. The van der Waals surface area contributed by atoms with Gasteiger partial charge >= 0.3 is 0 Å². The molecule has 4 heteroatoms. The number of anilines is 9. The molecule has 0 atom stereocenters. The Hall–Kier alpha value is -7.56. The highest BCUT2D eigenvalue weighted by molar-refractivity contribution is 7.00. The quantitative estimate of drug-likeness (QED) is 0.154. The van der Waals surface area contributed by atoms with E-state index in [1.807, 2.05) is 0 Å². The second-order valence-corrected chi connectivity index (χ2v) is 26.4. The molecule has 0 fully saturated rings. The average Bonchev–Trinajstić information content (AvgIpc) is 3.51. The molecule has 0 bridgehead atoms. The van der Waals surface area contributed by atoms with Crippen LogP contribution in [-0.4, -0.2) is 6.71 Å². The predicted octanol–water partition coefficient (Wildman–Crippen LogP) is 18.1. The van der Waals surface area contributed by atoms with Gasteiger partial charge in [-0.25, -0.2) is 0 Å². The maximum atomic E-state index is 2.66. The molecule has 0 spiro atoms. The van der Waals surface area contributed by atoms with Gasteiger partial charge in [-0.1, -0.05) is 199 Å². The van der Waals surface area contributed by atoms with E-state index in [2.05, 4.69) is 306 Å². The number of nitrogens with zero attached hydrogens (tertiary/aromatic N) is 3. The molecule has 0 unspecified atom stereocenters. The first-order valence-corrected chi connectivity index (χ1v) is 28.0. The van der Waals surface area contributed by atoms with Gasteiger partial charge in [0.2, 0.25) is 0 Å². The summed E-state index contributed by atoms with van der Waals surface area (Å²) in [6, 6.07) is 74.7. The van der Waals surface area contributed by atoms with E-state index in [4.69, 9.17) is 0 Å². The molecule has 77 heavy (non-hydrogen) atoms. The third-order valence-corrected chi connectivity index (χ3v) is 17.4. The van der Waals surface area contributed by atoms with Crippen LogP contribution < -0.4 is 31.1 Å². The second kappa shape index (κ2) is 17.7. The Morgan fingerprint density at radius 2 is 0.831 bits per heavy atom. The molecule has 0 saturated heterocycles. The van der Waals surface area contributed by atoms with Crippen LogP contribution in [0.5, 0.6) is 0 Å². The third-order valence-electron chi connectivity index (χ3n) is 17.4. The fourth-order valence-electron chi connectivity index (χ4n) is 13.0. The lowest BCUT2D eigenvalue weighted by molar-refractivity contribution is 0.521. The lowest BCUT2D eigenvalue weighted by Crippen LogP contribution is -2.62. The van der Waals surface area contributed by atoms with E-state index in [0.29, 0.717) is 0 Å². The summed E-state index contributed by atoms with van der Waals surface area (Å²) >= 11 is 0. The molecular formula is C73H74BN3. The van der Waals surface area contributed by atoms with Crippen LogP contribution in [-0.2, 0) is 27.1 Å². The maximum Gasteiger partial charge on any atom is 0.252 e. The molecule has 0 aromatic heterocycles. The standard InChI is InChI=1S/C73H74BN3/c1-47-41-66-68-67(42-47)77(63-39-33-51(71(8,9)10)43-56(63)48-23-17-15-18-24-48)65-46-60-59(72(11,12)57-27-21-22-28-58(57)73(60,13)14)45-62(65)74(68)61-44-55(38-40-64(61)76(66)52-25-19-16-20-26-52)75(53-34-29-49(30-35-53)69(2,3)4)54-36-31-50(32-37-54)70(5,6)7/h15-46H,1-14H3. The Morgan fingerprint density at radius 1 is 0.377 bits per heavy atom. The van der Waals surface area contributed by atoms with Crippen LogP contribution in [0.4, 0.5) is 51.2 Å². The highest BCUT2D eigenvalue weighted by atomic mass is 15.2. The number of fused-ring (bicyclic) bond motifs is 6. The largest absolute Gasteiger partial charge is 0.311 e. The second-order valence-electron chi connectivity index (χ2n) is 26.4. The molecule has 0 saturated carbocycles. The van der Waals surface area contributed by atoms with Gasteiger partial charge in [-0.2, -0.15) is 0 Å². The van der Waals surface area contributed by atoms with Gasteiger partial charge in [-0.05, 0) is 175 Å². The highest BCUT2D eigenvalue weighted by Gasteiger charge is 2.48. The van der Waals surface area contributed by atoms with Crippen molar-refractivity contribution in [2.45, 2.75) is 124 Å². The Bertz CT molecular complexity index is 3690. The van der Waals surface area contributed by atoms with Crippen LogP contribution in [0.3, 0.4) is 0 Å². The van der Waals surface area contributed by atoms with Crippen molar-refractivity contribution in [3.05, 3.63) is 239 Å². The van der Waals surface area contributed by atoms with E-state index < -0.39 is 0 Å². The zero-order valence-corrected chi connectivity index (χ0v) is 47.9. The molecule has 9 aromatic carbocycles. The molecule has 3 aliphatic rings. The molecule has 2 heterocycles. The van der Waals surface area contributed by atoms with Crippen molar-refractivity contribution < 1.29 is 0 Å². The minimum atomic E-state index is -0.258. The number of hydrogen-bond acceptors (Lipinski definition) is 3. The molecule has 2 aliphatic heterocycles. The van der Waals surface area contributed by atoms with Crippen molar-refractivity contribution in [3.63, 3.8) is 0 Å². The van der Waals surface area contributed by atoms with E-state index in [9.17, 15) is 0 Å². The molecular weight excluding hydrogens is 930 g/mol. The Morgan fingerprint density at radius 3 is 1.38 bits per heavy atom. The van der Waals surface area contributed by atoms with Gasteiger partial charge < -0.3 is 14.7 Å². The van der Waals surface area contributed by atoms with Crippen LogP contribution in [0, 0.1) is 6.92 Å². The fraction of sp³-hybridized carbons (Fsp3) is 0.260. The summed E-state index contributed by atoms with van der Waals surface area (Å²) in [5, 5.41) is 0. The van der Waals surface area contributed by atoms with Gasteiger partial charge in [-0.15, -0.1) is 0 Å². The lowest BCUT2D eigenvalue weighted by Gasteiger charge is -2.48. The third kappa shape index (κ3) is 8.24. The summed E-state index contributed by atoms with van der Waals surface area (Å²) in [5.41, 5.74) is 27.2. The van der Waals surface area contributed by atoms with E-state index in [1.54, 1.807) is 0 Å². The molecule has 9 aromatic rings. The van der Waals surface area contributed by atoms with Crippen LogP contribution in [0.25, 0.3) is 11.1 Å². The van der Waals surface area contributed by atoms with Gasteiger partial charge in [-0.3, -0.25) is 0 Å². The van der Waals surface area contributed by atoms with Crippen LogP contribution in [0.1, 0.15) is 135 Å². The first-order chi connectivity index (χ1) is 36.5. The van der Waals surface area contributed by atoms with Gasteiger partial charge in [0.15, 0.2) is 0 Å². The van der Waals surface area contributed by atoms with Gasteiger partial charge in [0.25, 0.3) is 6.71 Å². The summed E-state index contributed by atoms with van der Waals surface area (Å²) in [6.07, 6.45) is 0. The van der Waals surface area contributed by atoms with E-state index in [1.165, 1.54) is 100 Å². The molecule has 0 N–H and O–H groups in total. The minimum absolute atomic E-state index is 0.0255. The number of aryl methyl sites for hydroxylation is 1. The SMILES string of the molecule is Cc1cc2c3c(c1)N(c1ccc(C(C)(C)C)cc1-c1ccccc1)c1cc4c(cc1B3c1cc(N(c3ccc(C(C)(C)C)cc3)c3ccc(C(C)(C)C)cc3)ccc1N2c1ccccc1)C(C)(C)c1ccccc1C4(C)C. The lowest BCUT2D eigenvalue weighted by atomic mass is 9.33. The van der Waals surface area contributed by atoms with E-state index in [-0.39, 0.29) is 33.8 Å². The summed E-state index contributed by atoms with van der Waals surface area (Å²) in [6.45, 7) is 32.7. The number of rotatable bonds is 6. The number of benzene rings is 9. The summed E-state index contributed by atoms with van der Waals surface area (Å²) in [4.78, 5) is 7.69. The average molecular weight is 1000 g/mol. The Kier molecular flexibility index (Phi) is 11.6. The van der Waals surface area contributed by atoms with E-state index >= 15 is 0 Å². The van der Waals surface area contributed by atoms with E-state index in [0.717, 1.165) is 22.7 Å². The molecule has 1 aliphatic carbocycles.